The number of benzene rings is 1. The predicted molar refractivity (Wildman–Crippen MR) is 90.0 cm³/mol. The van der Waals surface area contributed by atoms with E-state index in [2.05, 4.69) is 27.4 Å². The van der Waals surface area contributed by atoms with Gasteiger partial charge in [-0.15, -0.1) is 11.3 Å². The molecular formula is C16H18N4O2S. The minimum atomic E-state index is 0.412. The summed E-state index contributed by atoms with van der Waals surface area (Å²) in [5.41, 5.74) is 0.855. The molecule has 0 spiro atoms. The van der Waals surface area contributed by atoms with E-state index < -0.39 is 0 Å². The maximum atomic E-state index is 5.23. The van der Waals surface area contributed by atoms with Crippen molar-refractivity contribution < 1.29 is 9.26 Å². The molecule has 0 atom stereocenters. The molecule has 0 radical (unpaired) electrons. The lowest BCUT2D eigenvalue weighted by atomic mass is 10.2. The molecule has 0 saturated carbocycles. The van der Waals surface area contributed by atoms with Gasteiger partial charge in [0.2, 0.25) is 5.82 Å². The first-order chi connectivity index (χ1) is 11.3. The highest BCUT2D eigenvalue weighted by Gasteiger charge is 2.09. The van der Waals surface area contributed by atoms with E-state index in [4.69, 9.17) is 9.26 Å². The molecule has 0 amide bonds. The van der Waals surface area contributed by atoms with Gasteiger partial charge in [-0.25, -0.2) is 4.98 Å². The number of aromatic nitrogens is 3. The molecular weight excluding hydrogens is 312 g/mol. The molecule has 0 aliphatic rings. The fourth-order valence-corrected chi connectivity index (χ4v) is 2.94. The average molecular weight is 330 g/mol. The summed E-state index contributed by atoms with van der Waals surface area (Å²) in [6.45, 7) is 2.84. The maximum absolute atomic E-state index is 5.23. The molecule has 0 aliphatic carbocycles. The number of ether oxygens (including phenoxy) is 1. The van der Waals surface area contributed by atoms with Crippen molar-refractivity contribution >= 4 is 17.4 Å². The molecule has 120 valence electrons. The van der Waals surface area contributed by atoms with E-state index >= 15 is 0 Å². The van der Waals surface area contributed by atoms with Crippen LogP contribution in [0, 0.1) is 0 Å². The van der Waals surface area contributed by atoms with Crippen LogP contribution in [0.15, 0.2) is 35.0 Å². The summed E-state index contributed by atoms with van der Waals surface area (Å²) in [6, 6.07) is 7.97. The SMILES string of the molecule is CCc1cnc(CCNc2nc(-c3cccc(OC)c3)no2)s1. The molecule has 1 aromatic carbocycles. The molecule has 3 rings (SSSR count). The fraction of sp³-hybridized carbons (Fsp3) is 0.312. The summed E-state index contributed by atoms with van der Waals surface area (Å²) in [7, 11) is 1.63. The van der Waals surface area contributed by atoms with Crippen molar-refractivity contribution in [1.82, 2.24) is 15.1 Å². The topological polar surface area (TPSA) is 73.1 Å². The summed E-state index contributed by atoms with van der Waals surface area (Å²) >= 11 is 1.74. The van der Waals surface area contributed by atoms with Crippen molar-refractivity contribution in [2.75, 3.05) is 19.0 Å². The Morgan fingerprint density at radius 3 is 3.04 bits per heavy atom. The zero-order valence-electron chi connectivity index (χ0n) is 13.1. The Bertz CT molecular complexity index is 769. The number of thiazole rings is 1. The lowest BCUT2D eigenvalue weighted by Crippen LogP contribution is -2.04. The number of methoxy groups -OCH3 is 1. The highest BCUT2D eigenvalue weighted by molar-refractivity contribution is 7.11. The molecule has 0 saturated heterocycles. The van der Waals surface area contributed by atoms with Gasteiger partial charge in [-0.2, -0.15) is 4.98 Å². The second-order valence-corrected chi connectivity index (χ2v) is 6.11. The Morgan fingerprint density at radius 2 is 2.26 bits per heavy atom. The molecule has 6 nitrogen and oxygen atoms in total. The van der Waals surface area contributed by atoms with Crippen LogP contribution in [0.25, 0.3) is 11.4 Å². The molecule has 7 heteroatoms. The molecule has 0 unspecified atom stereocenters. The number of hydrogen-bond acceptors (Lipinski definition) is 7. The second kappa shape index (κ2) is 7.23. The lowest BCUT2D eigenvalue weighted by Gasteiger charge is -2.00. The zero-order valence-corrected chi connectivity index (χ0v) is 13.9. The Kier molecular flexibility index (Phi) is 4.87. The molecule has 0 fully saturated rings. The summed E-state index contributed by atoms with van der Waals surface area (Å²) in [5, 5.41) is 8.23. The number of anilines is 1. The highest BCUT2D eigenvalue weighted by Crippen LogP contribution is 2.22. The molecule has 2 aromatic heterocycles. The van der Waals surface area contributed by atoms with Gasteiger partial charge in [0.25, 0.3) is 0 Å². The van der Waals surface area contributed by atoms with E-state index in [1.54, 1.807) is 18.4 Å². The van der Waals surface area contributed by atoms with Crippen LogP contribution in [0.1, 0.15) is 16.8 Å². The van der Waals surface area contributed by atoms with Gasteiger partial charge in [0.15, 0.2) is 0 Å². The first-order valence-electron chi connectivity index (χ1n) is 7.44. The normalized spacial score (nSPS) is 10.7. The first kappa shape index (κ1) is 15.5. The molecule has 0 aliphatic heterocycles. The Balaban J connectivity index is 1.58. The first-order valence-corrected chi connectivity index (χ1v) is 8.25. The Hall–Kier alpha value is -2.41. The molecule has 3 aromatic rings. The third-order valence-electron chi connectivity index (χ3n) is 3.32. The number of hydrogen-bond donors (Lipinski definition) is 1. The lowest BCUT2D eigenvalue weighted by molar-refractivity contribution is 0.414. The fourth-order valence-electron chi connectivity index (χ4n) is 2.08. The van der Waals surface area contributed by atoms with Gasteiger partial charge in [0.05, 0.1) is 12.1 Å². The number of aryl methyl sites for hydroxylation is 1. The van der Waals surface area contributed by atoms with E-state index in [1.165, 1.54) is 4.88 Å². The number of rotatable bonds is 7. The third kappa shape index (κ3) is 3.87. The summed E-state index contributed by atoms with van der Waals surface area (Å²) in [6.07, 6.45) is 3.80. The van der Waals surface area contributed by atoms with Gasteiger partial charge in [0.1, 0.15) is 5.75 Å². The van der Waals surface area contributed by atoms with Crippen molar-refractivity contribution in [3.63, 3.8) is 0 Å². The van der Waals surface area contributed by atoms with Gasteiger partial charge < -0.3 is 14.6 Å². The van der Waals surface area contributed by atoms with Crippen LogP contribution in [0.5, 0.6) is 5.75 Å². The van der Waals surface area contributed by atoms with Crippen molar-refractivity contribution in [1.29, 1.82) is 0 Å². The second-order valence-electron chi connectivity index (χ2n) is 4.91. The van der Waals surface area contributed by atoms with Gasteiger partial charge in [-0.3, -0.25) is 0 Å². The van der Waals surface area contributed by atoms with Crippen LogP contribution in [-0.4, -0.2) is 28.8 Å². The minimum Gasteiger partial charge on any atom is -0.497 e. The molecule has 0 bridgehead atoms. The highest BCUT2D eigenvalue weighted by atomic mass is 32.1. The van der Waals surface area contributed by atoms with Crippen LogP contribution in [-0.2, 0) is 12.8 Å². The largest absolute Gasteiger partial charge is 0.497 e. The van der Waals surface area contributed by atoms with Gasteiger partial charge in [-0.05, 0) is 18.6 Å². The van der Waals surface area contributed by atoms with Crippen LogP contribution in [0.4, 0.5) is 6.01 Å². The van der Waals surface area contributed by atoms with Crippen molar-refractivity contribution in [2.45, 2.75) is 19.8 Å². The van der Waals surface area contributed by atoms with E-state index in [9.17, 15) is 0 Å². The van der Waals surface area contributed by atoms with Crippen molar-refractivity contribution in [3.8, 4) is 17.1 Å². The van der Waals surface area contributed by atoms with Gasteiger partial charge >= 0.3 is 6.01 Å². The Morgan fingerprint density at radius 1 is 1.35 bits per heavy atom. The average Bonchev–Trinajstić information content (AvgIpc) is 3.24. The van der Waals surface area contributed by atoms with E-state index in [0.29, 0.717) is 18.4 Å². The van der Waals surface area contributed by atoms with Crippen LogP contribution in [0.3, 0.4) is 0 Å². The standard InChI is InChI=1S/C16H18N4O2S/c1-3-13-10-18-14(23-13)7-8-17-16-19-15(20-22-16)11-5-4-6-12(9-11)21-2/h4-6,9-10H,3,7-8H2,1-2H3,(H,17,19,20). The van der Waals surface area contributed by atoms with Crippen LogP contribution >= 0.6 is 11.3 Å². The summed E-state index contributed by atoms with van der Waals surface area (Å²) in [4.78, 5) is 10.0. The van der Waals surface area contributed by atoms with Gasteiger partial charge in [-0.1, -0.05) is 24.2 Å². The van der Waals surface area contributed by atoms with E-state index in [0.717, 1.165) is 29.2 Å². The van der Waals surface area contributed by atoms with Crippen LogP contribution < -0.4 is 10.1 Å². The predicted octanol–water partition coefficient (Wildman–Crippen LogP) is 3.42. The zero-order chi connectivity index (χ0) is 16.1. The van der Waals surface area contributed by atoms with Crippen molar-refractivity contribution in [2.24, 2.45) is 0 Å². The molecule has 2 heterocycles. The summed E-state index contributed by atoms with van der Waals surface area (Å²) < 4.78 is 10.4. The van der Waals surface area contributed by atoms with Crippen LogP contribution in [0.2, 0.25) is 0 Å². The summed E-state index contributed by atoms with van der Waals surface area (Å²) in [5.74, 6) is 1.30. The van der Waals surface area contributed by atoms with Gasteiger partial charge in [0, 0.05) is 29.6 Å². The Labute approximate surface area is 138 Å². The smallest absolute Gasteiger partial charge is 0.321 e. The molecule has 23 heavy (non-hydrogen) atoms. The third-order valence-corrected chi connectivity index (χ3v) is 4.52. The minimum absolute atomic E-state index is 0.412. The quantitative estimate of drug-likeness (QED) is 0.715. The van der Waals surface area contributed by atoms with Crippen molar-refractivity contribution in [3.05, 3.63) is 40.3 Å². The van der Waals surface area contributed by atoms with E-state index in [1.807, 2.05) is 30.5 Å². The number of nitrogens with zero attached hydrogens (tertiary/aromatic N) is 3. The monoisotopic (exact) mass is 330 g/mol. The number of nitrogens with one attached hydrogen (secondary N) is 1. The maximum Gasteiger partial charge on any atom is 0.321 e. The van der Waals surface area contributed by atoms with E-state index in [-0.39, 0.29) is 0 Å². The molecule has 1 N–H and O–H groups in total.